The van der Waals surface area contributed by atoms with Crippen molar-refractivity contribution in [3.8, 4) is 0 Å². The van der Waals surface area contributed by atoms with E-state index in [1.807, 2.05) is 0 Å². The Morgan fingerprint density at radius 2 is 2.23 bits per heavy atom. The Morgan fingerprint density at radius 3 is 3.00 bits per heavy atom. The summed E-state index contributed by atoms with van der Waals surface area (Å²) in [6.45, 7) is -6.89. The van der Waals surface area contributed by atoms with Crippen LogP contribution in [0.4, 0.5) is 5.82 Å². The molecule has 1 fully saturated rings. The van der Waals surface area contributed by atoms with Gasteiger partial charge in [0.2, 0.25) is 0 Å². The van der Waals surface area contributed by atoms with Gasteiger partial charge in [-0.2, -0.15) is 0 Å². The van der Waals surface area contributed by atoms with Gasteiger partial charge in [0.1, 0.15) is 5.82 Å². The van der Waals surface area contributed by atoms with Gasteiger partial charge in [0.25, 0.3) is 0 Å². The van der Waals surface area contributed by atoms with Crippen molar-refractivity contribution >= 4 is 21.7 Å². The van der Waals surface area contributed by atoms with Crippen molar-refractivity contribution in [3.05, 3.63) is 16.9 Å². The summed E-state index contributed by atoms with van der Waals surface area (Å²) in [7, 11) is 0. The number of nitrogens with zero attached hydrogens (tertiary/aromatic N) is 3. The van der Waals surface area contributed by atoms with E-state index in [4.69, 9.17) is 16.4 Å². The Hall–Kier alpha value is -0.640. The summed E-state index contributed by atoms with van der Waals surface area (Å²) in [4.78, 5) is 7.03. The lowest BCUT2D eigenvalue weighted by Crippen LogP contribution is -2.30. The van der Waals surface area contributed by atoms with Crippen molar-refractivity contribution in [2.24, 2.45) is 0 Å². The van der Waals surface area contributed by atoms with Crippen molar-refractivity contribution in [2.75, 3.05) is 17.9 Å². The normalized spacial score (nSPS) is 50.4. The van der Waals surface area contributed by atoms with Crippen LogP contribution in [0.3, 0.4) is 0 Å². The lowest BCUT2D eigenvalue weighted by atomic mass is 10.1. The quantitative estimate of drug-likeness (QED) is 0.720. The van der Waals surface area contributed by atoms with Gasteiger partial charge in [-0.25, -0.2) is 9.97 Å². The highest BCUT2D eigenvalue weighted by molar-refractivity contribution is 9.10. The molecule has 4 heteroatoms. The molecule has 0 aromatic carbocycles. The van der Waals surface area contributed by atoms with E-state index in [2.05, 4.69) is 25.9 Å². The molecule has 70 valence electrons. The average Bonchev–Trinajstić information content (AvgIpc) is 2.41. The molecule has 1 aromatic heterocycles. The highest BCUT2D eigenvalue weighted by atomic mass is 79.9. The number of piperidine rings is 1. The topological polar surface area (TPSA) is 29.0 Å². The Kier molecular flexibility index (Phi) is 0.772. The third-order valence-corrected chi connectivity index (χ3v) is 1.54. The van der Waals surface area contributed by atoms with Gasteiger partial charge in [0.15, 0.2) is 4.73 Å². The molecule has 0 radical (unpaired) electrons. The molecule has 1 aliphatic rings. The fourth-order valence-electron chi connectivity index (χ4n) is 0.703. The summed E-state index contributed by atoms with van der Waals surface area (Å²) in [6, 6.07) is -0.856. The first-order chi connectivity index (χ1) is 10.9. The minimum Gasteiger partial charge on any atom is -0.356 e. The van der Waals surface area contributed by atoms with Crippen molar-refractivity contribution in [1.82, 2.24) is 9.97 Å². The molecule has 2 rings (SSSR count). The highest BCUT2D eigenvalue weighted by Crippen LogP contribution is 2.17. The molecular weight excluding hydrogens is 230 g/mol. The van der Waals surface area contributed by atoms with Crippen LogP contribution in [0.1, 0.15) is 35.6 Å². The molecule has 0 aliphatic carbocycles. The Labute approximate surface area is 103 Å². The second-order valence-corrected chi connectivity index (χ2v) is 2.70. The molecule has 0 atom stereocenters. The van der Waals surface area contributed by atoms with Crippen LogP contribution in [0.2, 0.25) is 0 Å². The summed E-state index contributed by atoms with van der Waals surface area (Å²) < 4.78 is 93.8. The van der Waals surface area contributed by atoms with E-state index in [9.17, 15) is 0 Å². The number of hydrogen-bond donors (Lipinski definition) is 0. The number of halogens is 1. The third-order valence-electron chi connectivity index (χ3n) is 1.19. The van der Waals surface area contributed by atoms with Crippen molar-refractivity contribution < 1.29 is 16.4 Å². The first-order valence-electron chi connectivity index (χ1n) is 9.25. The first kappa shape index (κ1) is 2.48. The summed E-state index contributed by atoms with van der Waals surface area (Å²) in [5.41, 5.74) is 0. The molecule has 3 nitrogen and oxygen atoms in total. The number of anilines is 1. The van der Waals surface area contributed by atoms with Gasteiger partial charge < -0.3 is 4.90 Å². The van der Waals surface area contributed by atoms with Gasteiger partial charge in [-0.1, -0.05) is 0 Å². The third kappa shape index (κ3) is 2.18. The standard InChI is InChI=1S/C9H12BrN3/c10-9-11-5-4-8(12-9)13-6-2-1-3-7-13/h4-5H,1-3,6-7H2/i1D2,2D2,3D2,4D,5D,6D2,7D2. The van der Waals surface area contributed by atoms with E-state index in [1.54, 1.807) is 0 Å². The monoisotopic (exact) mass is 253 g/mol. The maximum absolute atomic E-state index is 8.00. The largest absolute Gasteiger partial charge is 0.356 e. The molecule has 0 saturated carbocycles. The minimum absolute atomic E-state index is 0.0614. The highest BCUT2D eigenvalue weighted by Gasteiger charge is 2.11. The van der Waals surface area contributed by atoms with Gasteiger partial charge in [0.05, 0.1) is 2.74 Å². The maximum Gasteiger partial charge on any atom is 0.198 e. The fourth-order valence-corrected chi connectivity index (χ4v) is 0.960. The Balaban J connectivity index is 2.90. The zero-order valence-electron chi connectivity index (χ0n) is 18.2. The molecule has 13 heavy (non-hydrogen) atoms. The van der Waals surface area contributed by atoms with Crippen LogP contribution >= 0.6 is 15.9 Å². The van der Waals surface area contributed by atoms with E-state index in [1.165, 1.54) is 0 Å². The summed E-state index contributed by atoms with van der Waals surface area (Å²) >= 11 is 2.81. The van der Waals surface area contributed by atoms with Crippen LogP contribution in [-0.4, -0.2) is 23.0 Å². The molecule has 1 aromatic rings. The van der Waals surface area contributed by atoms with Crippen LogP contribution in [-0.2, 0) is 0 Å². The van der Waals surface area contributed by atoms with E-state index >= 15 is 0 Å². The fraction of sp³-hybridized carbons (Fsp3) is 0.556. The molecular formula is C9H12BrN3. The van der Waals surface area contributed by atoms with Gasteiger partial charge in [-0.05, 0) is 41.1 Å². The Bertz CT molecular complexity index is 690. The summed E-state index contributed by atoms with van der Waals surface area (Å²) in [5.74, 6) is -0.870. The maximum atomic E-state index is 8.00. The van der Waals surface area contributed by atoms with Crippen molar-refractivity contribution in [1.29, 1.82) is 0 Å². The van der Waals surface area contributed by atoms with Crippen molar-refractivity contribution in [2.45, 2.75) is 19.1 Å². The SMILES string of the molecule is [2H]c1nc(Br)nc(N2C([2H])([2H])C([2H])([2H])C([2H])([2H])C([2H])([2H])C2([2H])[2H])c1[2H]. The number of aromatic nitrogens is 2. The second kappa shape index (κ2) is 4.05. The molecule has 0 N–H and O–H groups in total. The van der Waals surface area contributed by atoms with Crippen molar-refractivity contribution in [3.63, 3.8) is 0 Å². The molecule has 0 bridgehead atoms. The number of rotatable bonds is 1. The predicted octanol–water partition coefficient (Wildman–Crippen LogP) is 2.23. The van der Waals surface area contributed by atoms with Gasteiger partial charge >= 0.3 is 0 Å². The lowest BCUT2D eigenvalue weighted by molar-refractivity contribution is 0.572. The van der Waals surface area contributed by atoms with E-state index in [-0.39, 0.29) is 9.63 Å². The zero-order chi connectivity index (χ0) is 19.8. The van der Waals surface area contributed by atoms with Crippen LogP contribution in [0.15, 0.2) is 16.9 Å². The van der Waals surface area contributed by atoms with Gasteiger partial charge in [-0.3, -0.25) is 0 Å². The molecule has 1 aliphatic heterocycles. The smallest absolute Gasteiger partial charge is 0.198 e. The molecule has 2 heterocycles. The van der Waals surface area contributed by atoms with Crippen LogP contribution < -0.4 is 4.90 Å². The molecule has 0 unspecified atom stereocenters. The van der Waals surface area contributed by atoms with E-state index in [0.29, 0.717) is 0 Å². The molecule has 0 amide bonds. The zero-order valence-corrected chi connectivity index (χ0v) is 7.81. The number of hydrogen-bond acceptors (Lipinski definition) is 3. The van der Waals surface area contributed by atoms with Crippen LogP contribution in [0, 0.1) is 0 Å². The van der Waals surface area contributed by atoms with Gasteiger partial charge in [-0.15, -0.1) is 0 Å². The summed E-state index contributed by atoms with van der Waals surface area (Å²) in [5, 5.41) is 0. The first-order valence-corrected chi connectivity index (χ1v) is 4.05. The van der Waals surface area contributed by atoms with E-state index < -0.39 is 50.1 Å². The average molecular weight is 254 g/mol. The Morgan fingerprint density at radius 1 is 1.46 bits per heavy atom. The minimum atomic E-state index is -3.56. The molecule has 1 saturated heterocycles. The van der Waals surface area contributed by atoms with Gasteiger partial charge in [0, 0.05) is 32.9 Å². The molecule has 0 spiro atoms. The van der Waals surface area contributed by atoms with E-state index in [0.717, 1.165) is 0 Å². The summed E-state index contributed by atoms with van der Waals surface area (Å²) in [6.07, 6.45) is -11.3. The van der Waals surface area contributed by atoms with Crippen LogP contribution in [0.5, 0.6) is 0 Å². The predicted molar refractivity (Wildman–Crippen MR) is 55.8 cm³/mol. The lowest BCUT2D eigenvalue weighted by Gasteiger charge is -2.27. The second-order valence-electron chi connectivity index (χ2n) is 1.99. The van der Waals surface area contributed by atoms with Crippen LogP contribution in [0.25, 0.3) is 0 Å².